The Morgan fingerprint density at radius 2 is 2.08 bits per heavy atom. The van der Waals surface area contributed by atoms with Crippen molar-refractivity contribution in [3.05, 3.63) is 30.1 Å². The van der Waals surface area contributed by atoms with E-state index in [1.807, 2.05) is 11.0 Å². The van der Waals surface area contributed by atoms with E-state index in [1.165, 1.54) is 6.07 Å². The molecule has 1 aromatic carbocycles. The third kappa shape index (κ3) is 3.20. The van der Waals surface area contributed by atoms with Gasteiger partial charge in [-0.15, -0.1) is 0 Å². The summed E-state index contributed by atoms with van der Waals surface area (Å²) in [6.45, 7) is 1.46. The van der Waals surface area contributed by atoms with Gasteiger partial charge < -0.3 is 20.3 Å². The van der Waals surface area contributed by atoms with Crippen molar-refractivity contribution in [1.29, 1.82) is 0 Å². The monoisotopic (exact) mass is 333 g/mol. The number of hydrogen-bond acceptors (Lipinski definition) is 3. The van der Waals surface area contributed by atoms with E-state index >= 15 is 0 Å². The molecule has 3 fully saturated rings. The maximum atomic E-state index is 14.0. The molecular formula is C18H24FN3O2. The number of nitrogens with one attached hydrogen (secondary N) is 2. The summed E-state index contributed by atoms with van der Waals surface area (Å²) in [5, 5.41) is 6.11. The zero-order valence-electron chi connectivity index (χ0n) is 13.7. The van der Waals surface area contributed by atoms with Crippen LogP contribution in [0.5, 0.6) is 0 Å². The average Bonchev–Trinajstić information content (AvgIpc) is 3.18. The quantitative estimate of drug-likeness (QED) is 0.893. The molecule has 6 heteroatoms. The van der Waals surface area contributed by atoms with Gasteiger partial charge in [0, 0.05) is 19.1 Å². The van der Waals surface area contributed by atoms with E-state index in [0.29, 0.717) is 18.3 Å². The van der Waals surface area contributed by atoms with Gasteiger partial charge in [0.2, 0.25) is 0 Å². The average molecular weight is 333 g/mol. The Kier molecular flexibility index (Phi) is 4.31. The lowest BCUT2D eigenvalue weighted by Crippen LogP contribution is -2.53. The summed E-state index contributed by atoms with van der Waals surface area (Å²) in [6.07, 6.45) is 5.45. The third-order valence-electron chi connectivity index (χ3n) is 5.37. The van der Waals surface area contributed by atoms with Crippen LogP contribution in [0, 0.1) is 5.82 Å². The number of carbonyl (C=O) groups excluding carboxylic acids is 1. The minimum Gasteiger partial charge on any atom is -0.373 e. The SMILES string of the molecule is O=C(N[C@@H]1CCCN(c2ccccc2F)C1)N[C@@H]1C[C@@H]2CC[C@@H]1O2. The molecule has 0 unspecified atom stereocenters. The van der Waals surface area contributed by atoms with Crippen LogP contribution in [0.1, 0.15) is 32.1 Å². The van der Waals surface area contributed by atoms with Crippen molar-refractivity contribution in [2.75, 3.05) is 18.0 Å². The van der Waals surface area contributed by atoms with E-state index in [4.69, 9.17) is 4.74 Å². The molecule has 4 rings (SSSR count). The van der Waals surface area contributed by atoms with E-state index in [0.717, 1.165) is 38.6 Å². The van der Waals surface area contributed by atoms with Gasteiger partial charge >= 0.3 is 6.03 Å². The molecule has 0 aromatic heterocycles. The molecule has 0 saturated carbocycles. The number of benzene rings is 1. The van der Waals surface area contributed by atoms with Gasteiger partial charge in [-0.3, -0.25) is 0 Å². The van der Waals surface area contributed by atoms with Crippen LogP contribution in [0.2, 0.25) is 0 Å². The van der Waals surface area contributed by atoms with Gasteiger partial charge in [-0.05, 0) is 44.2 Å². The molecule has 3 aliphatic heterocycles. The van der Waals surface area contributed by atoms with Crippen LogP contribution in [-0.4, -0.2) is 43.4 Å². The summed E-state index contributed by atoms with van der Waals surface area (Å²) in [6, 6.07) is 6.86. The molecule has 130 valence electrons. The highest BCUT2D eigenvalue weighted by atomic mass is 19.1. The van der Waals surface area contributed by atoms with Crippen LogP contribution in [0.15, 0.2) is 24.3 Å². The first-order valence-corrected chi connectivity index (χ1v) is 8.91. The largest absolute Gasteiger partial charge is 0.373 e. The highest BCUT2D eigenvalue weighted by Crippen LogP contribution is 2.34. The molecule has 0 aliphatic carbocycles. The smallest absolute Gasteiger partial charge is 0.315 e. The van der Waals surface area contributed by atoms with Crippen molar-refractivity contribution < 1.29 is 13.9 Å². The number of piperidine rings is 1. The van der Waals surface area contributed by atoms with Gasteiger partial charge in [0.05, 0.1) is 23.9 Å². The first-order valence-electron chi connectivity index (χ1n) is 8.91. The molecule has 3 heterocycles. The number of amides is 2. The lowest BCUT2D eigenvalue weighted by atomic mass is 9.96. The number of urea groups is 1. The van der Waals surface area contributed by atoms with E-state index < -0.39 is 0 Å². The molecule has 0 spiro atoms. The molecule has 5 nitrogen and oxygen atoms in total. The van der Waals surface area contributed by atoms with Crippen LogP contribution in [0.3, 0.4) is 0 Å². The molecular weight excluding hydrogens is 309 g/mol. The van der Waals surface area contributed by atoms with E-state index in [9.17, 15) is 9.18 Å². The van der Waals surface area contributed by atoms with Crippen molar-refractivity contribution in [1.82, 2.24) is 10.6 Å². The van der Waals surface area contributed by atoms with Crippen LogP contribution < -0.4 is 15.5 Å². The van der Waals surface area contributed by atoms with E-state index in [-0.39, 0.29) is 30.0 Å². The lowest BCUT2D eigenvalue weighted by molar-refractivity contribution is 0.0980. The van der Waals surface area contributed by atoms with Crippen molar-refractivity contribution in [2.45, 2.75) is 56.4 Å². The summed E-state index contributed by atoms with van der Waals surface area (Å²) in [4.78, 5) is 14.3. The maximum absolute atomic E-state index is 14.0. The third-order valence-corrected chi connectivity index (χ3v) is 5.37. The van der Waals surface area contributed by atoms with Crippen LogP contribution >= 0.6 is 0 Å². The van der Waals surface area contributed by atoms with Gasteiger partial charge in [0.15, 0.2) is 0 Å². The predicted octanol–water partition coefficient (Wildman–Crippen LogP) is 2.41. The highest BCUT2D eigenvalue weighted by Gasteiger charge is 2.41. The van der Waals surface area contributed by atoms with Gasteiger partial charge in [-0.2, -0.15) is 0 Å². The number of halogens is 1. The lowest BCUT2D eigenvalue weighted by Gasteiger charge is -2.35. The first-order chi connectivity index (χ1) is 11.7. The summed E-state index contributed by atoms with van der Waals surface area (Å²) < 4.78 is 19.7. The number of rotatable bonds is 3. The Balaban J connectivity index is 1.31. The second-order valence-corrected chi connectivity index (χ2v) is 7.07. The first kappa shape index (κ1) is 15.7. The molecule has 1 aromatic rings. The van der Waals surface area contributed by atoms with E-state index in [2.05, 4.69) is 10.6 Å². The summed E-state index contributed by atoms with van der Waals surface area (Å²) in [5.74, 6) is -0.207. The molecule has 24 heavy (non-hydrogen) atoms. The molecule has 3 saturated heterocycles. The van der Waals surface area contributed by atoms with Gasteiger partial charge in [-0.25, -0.2) is 9.18 Å². The zero-order valence-corrected chi connectivity index (χ0v) is 13.7. The van der Waals surface area contributed by atoms with Gasteiger partial charge in [0.1, 0.15) is 5.82 Å². The van der Waals surface area contributed by atoms with Crippen molar-refractivity contribution in [2.24, 2.45) is 0 Å². The number of fused-ring (bicyclic) bond motifs is 2. The van der Waals surface area contributed by atoms with Crippen LogP contribution in [0.25, 0.3) is 0 Å². The maximum Gasteiger partial charge on any atom is 0.315 e. The normalized spacial score (nSPS) is 32.0. The molecule has 0 radical (unpaired) electrons. The van der Waals surface area contributed by atoms with Crippen LogP contribution in [0.4, 0.5) is 14.9 Å². The fraction of sp³-hybridized carbons (Fsp3) is 0.611. The zero-order chi connectivity index (χ0) is 16.5. The Hall–Kier alpha value is -1.82. The molecule has 2 amide bonds. The van der Waals surface area contributed by atoms with Crippen LogP contribution in [-0.2, 0) is 4.74 Å². The van der Waals surface area contributed by atoms with Crippen molar-refractivity contribution in [3.8, 4) is 0 Å². The summed E-state index contributed by atoms with van der Waals surface area (Å²) in [7, 11) is 0. The number of nitrogens with zero attached hydrogens (tertiary/aromatic N) is 1. The summed E-state index contributed by atoms with van der Waals surface area (Å²) in [5.41, 5.74) is 0.617. The van der Waals surface area contributed by atoms with Gasteiger partial charge in [-0.1, -0.05) is 12.1 Å². The summed E-state index contributed by atoms with van der Waals surface area (Å²) >= 11 is 0. The molecule has 4 atom stereocenters. The Morgan fingerprint density at radius 1 is 1.21 bits per heavy atom. The number of hydrogen-bond donors (Lipinski definition) is 2. The highest BCUT2D eigenvalue weighted by molar-refractivity contribution is 5.75. The fourth-order valence-electron chi connectivity index (χ4n) is 4.21. The second-order valence-electron chi connectivity index (χ2n) is 7.07. The van der Waals surface area contributed by atoms with E-state index in [1.54, 1.807) is 12.1 Å². The Labute approximate surface area is 141 Å². The van der Waals surface area contributed by atoms with Crippen molar-refractivity contribution >= 4 is 11.7 Å². The molecule has 3 aliphatic rings. The molecule has 2 N–H and O–H groups in total. The number of carbonyl (C=O) groups is 1. The Morgan fingerprint density at radius 3 is 2.83 bits per heavy atom. The number of anilines is 1. The second kappa shape index (κ2) is 6.59. The standard InChI is InChI=1S/C18H24FN3O2/c19-14-5-1-2-6-16(14)22-9-3-4-12(11-22)20-18(23)21-15-10-13-7-8-17(15)24-13/h1-2,5-6,12-13,15,17H,3-4,7-11H2,(H2,20,21,23)/t12-,13+,15-,17+/m1/s1. The number of ether oxygens (including phenoxy) is 1. The number of para-hydroxylation sites is 1. The molecule has 2 bridgehead atoms. The van der Waals surface area contributed by atoms with Gasteiger partial charge in [0.25, 0.3) is 0 Å². The minimum atomic E-state index is -0.207. The van der Waals surface area contributed by atoms with Crippen molar-refractivity contribution in [3.63, 3.8) is 0 Å². The minimum absolute atomic E-state index is 0.0397. The fourth-order valence-corrected chi connectivity index (χ4v) is 4.21. The topological polar surface area (TPSA) is 53.6 Å². The Bertz CT molecular complexity index is 612. The predicted molar refractivity (Wildman–Crippen MR) is 89.6 cm³/mol.